The number of nitrogens with zero attached hydrogens (tertiary/aromatic N) is 1. The quantitative estimate of drug-likeness (QED) is 0.274. The second kappa shape index (κ2) is 17.8. The maximum atomic E-state index is 5.76. The van der Waals surface area contributed by atoms with E-state index in [1.165, 1.54) is 56.3 Å². The van der Waals surface area contributed by atoms with Crippen molar-refractivity contribution >= 4 is 32.0 Å². The summed E-state index contributed by atoms with van der Waals surface area (Å²) in [7, 11) is 9.59. The van der Waals surface area contributed by atoms with Crippen LogP contribution in [0.4, 0.5) is 0 Å². The van der Waals surface area contributed by atoms with Gasteiger partial charge in [0.1, 0.15) is 0 Å². The van der Waals surface area contributed by atoms with Crippen molar-refractivity contribution < 1.29 is 13.1 Å². The number of thioether (sulfide) groups is 1. The monoisotopic (exact) mass is 573 g/mol. The molecule has 0 spiro atoms. The molecule has 4 rings (SSSR count). The number of fused-ring (bicyclic) bond motifs is 4. The summed E-state index contributed by atoms with van der Waals surface area (Å²) in [5.41, 5.74) is 8.07. The summed E-state index contributed by atoms with van der Waals surface area (Å²) in [5.74, 6) is 0.951. The van der Waals surface area contributed by atoms with Crippen molar-refractivity contribution in [3.05, 3.63) is 23.5 Å². The van der Waals surface area contributed by atoms with Crippen molar-refractivity contribution in [1.82, 2.24) is 26.3 Å². The summed E-state index contributed by atoms with van der Waals surface area (Å²) in [6.45, 7) is 4.50. The van der Waals surface area contributed by atoms with E-state index >= 15 is 0 Å². The summed E-state index contributed by atoms with van der Waals surface area (Å²) in [5, 5.41) is 15.4. The Bertz CT molecular complexity index is 641. The van der Waals surface area contributed by atoms with Gasteiger partial charge in [-0.2, -0.15) is 0 Å². The zero-order valence-corrected chi connectivity index (χ0v) is 22.9. The molecule has 3 aliphatic rings. The predicted octanol–water partition coefficient (Wildman–Crippen LogP) is 4.14. The van der Waals surface area contributed by atoms with Gasteiger partial charge in [-0.1, -0.05) is 33.1 Å². The van der Waals surface area contributed by atoms with Gasteiger partial charge in [0.2, 0.25) is 0 Å². The van der Waals surface area contributed by atoms with Crippen LogP contribution in [-0.2, 0) is 26.2 Å². The van der Waals surface area contributed by atoms with Crippen LogP contribution in [0.15, 0.2) is 17.0 Å². The fraction of sp³-hybridized carbons (Fsp3) is 0.792. The first kappa shape index (κ1) is 30.6. The number of halogens is 2. The van der Waals surface area contributed by atoms with E-state index < -0.39 is 0 Å². The Balaban J connectivity index is 0.000000970. The summed E-state index contributed by atoms with van der Waals surface area (Å²) >= 11 is 1.85. The van der Waals surface area contributed by atoms with E-state index in [1.807, 2.05) is 11.8 Å². The molecule has 2 aliphatic carbocycles. The third-order valence-corrected chi connectivity index (χ3v) is 7.86. The summed E-state index contributed by atoms with van der Waals surface area (Å²) < 4.78 is 0. The van der Waals surface area contributed by atoms with Crippen LogP contribution in [0.5, 0.6) is 0 Å². The molecule has 0 aromatic carbocycles. The van der Waals surface area contributed by atoms with Crippen molar-refractivity contribution in [1.29, 1.82) is 0 Å². The van der Waals surface area contributed by atoms with Crippen LogP contribution in [0.3, 0.4) is 0 Å². The van der Waals surface area contributed by atoms with E-state index in [2.05, 4.69) is 33.4 Å². The van der Waals surface area contributed by atoms with Gasteiger partial charge in [0.15, 0.2) is 0 Å². The number of hydrogen-bond acceptors (Lipinski definition) is 7. The third kappa shape index (κ3) is 10.4. The molecule has 0 radical (unpaired) electrons. The van der Waals surface area contributed by atoms with E-state index in [9.17, 15) is 0 Å². The van der Waals surface area contributed by atoms with Crippen LogP contribution < -0.4 is 27.0 Å². The number of nitrogens with two attached hydrogens (primary N) is 1. The number of rotatable bonds is 3. The molecule has 10 heteroatoms. The minimum atomic E-state index is 0. The van der Waals surface area contributed by atoms with Crippen LogP contribution >= 0.6 is 32.0 Å². The zero-order valence-electron chi connectivity index (χ0n) is 19.4. The molecule has 1 aromatic heterocycles. The first-order valence-electron chi connectivity index (χ1n) is 12.4. The van der Waals surface area contributed by atoms with Crippen LogP contribution in [0.1, 0.15) is 70.2 Å². The van der Waals surface area contributed by atoms with E-state index in [1.54, 1.807) is 0 Å². The zero-order chi connectivity index (χ0) is 23.3. The van der Waals surface area contributed by atoms with Crippen LogP contribution in [0.25, 0.3) is 0 Å². The maximum absolute atomic E-state index is 5.76. The Kier molecular flexibility index (Phi) is 16.0. The molecule has 2 heterocycles. The van der Waals surface area contributed by atoms with Crippen molar-refractivity contribution in [3.63, 3.8) is 0 Å². The normalized spacial score (nSPS) is 28.0. The number of nitrogens with one attached hydrogen (secondary N) is 4. The fourth-order valence-corrected chi connectivity index (χ4v) is 6.08. The second-order valence-electron chi connectivity index (χ2n) is 9.14. The van der Waals surface area contributed by atoms with Gasteiger partial charge in [0.05, 0.1) is 11.4 Å². The molecule has 34 heavy (non-hydrogen) atoms. The van der Waals surface area contributed by atoms with Crippen molar-refractivity contribution in [2.45, 2.75) is 101 Å². The number of aromatic nitrogens is 1. The Hall–Kier alpha value is 0.399. The number of hydrogen-bond donors (Lipinski definition) is 5. The van der Waals surface area contributed by atoms with Crippen LogP contribution in [0, 0.1) is 0 Å². The Labute approximate surface area is 226 Å². The van der Waals surface area contributed by atoms with Crippen molar-refractivity contribution in [3.8, 4) is 0 Å². The molecule has 0 unspecified atom stereocenters. The molecule has 6 nitrogen and oxygen atoms in total. The Morgan fingerprint density at radius 2 is 1.24 bits per heavy atom. The molecular formula is C24H44Cl2MnN6S. The van der Waals surface area contributed by atoms with Gasteiger partial charge in [0.25, 0.3) is 0 Å². The molecule has 0 amide bonds. The van der Waals surface area contributed by atoms with Crippen LogP contribution in [-0.4, -0.2) is 54.5 Å². The van der Waals surface area contributed by atoms with Gasteiger partial charge in [-0.25, -0.2) is 0 Å². The topological polar surface area (TPSA) is 87.0 Å². The van der Waals surface area contributed by atoms with Gasteiger partial charge in [-0.15, -0.1) is 11.8 Å². The average Bonchev–Trinajstić information content (AvgIpc) is 2.84. The first-order valence-corrected chi connectivity index (χ1v) is 16.6. The van der Waals surface area contributed by atoms with E-state index in [0.717, 1.165) is 43.3 Å². The van der Waals surface area contributed by atoms with E-state index in [0.29, 0.717) is 30.7 Å². The average molecular weight is 575 g/mol. The third-order valence-electron chi connectivity index (χ3n) is 6.85. The molecule has 0 saturated heterocycles. The molecular weight excluding hydrogens is 530 g/mol. The Morgan fingerprint density at radius 1 is 0.824 bits per heavy atom. The standard InChI is InChI=1S/C23H40N6S.CH4.2ClH.Mn/c24-9-12-30-19-13-17-15-27-22-7-3-1-5-20(22)25-10-11-26-21-6-2-4-8-23(21)28-16-18(14-19)29-17;;;;/h13-14,20-23,25-28H,1-12,15-16,24H2;1H4;2*1H;/q;;;;+2/p-2/t20-,21-,22-,23-;;;;/m1..../s1. The van der Waals surface area contributed by atoms with E-state index in [-0.39, 0.29) is 20.6 Å². The van der Waals surface area contributed by atoms with Crippen molar-refractivity contribution in [2.24, 2.45) is 5.73 Å². The Morgan fingerprint density at radius 3 is 1.65 bits per heavy atom. The molecule has 4 atom stereocenters. The molecule has 2 bridgehead atoms. The molecule has 2 fully saturated rings. The summed E-state index contributed by atoms with van der Waals surface area (Å²) in [6.07, 6.45) is 10.4. The van der Waals surface area contributed by atoms with Crippen molar-refractivity contribution in [2.75, 3.05) is 25.4 Å². The predicted molar refractivity (Wildman–Crippen MR) is 144 cm³/mol. The minimum absolute atomic E-state index is 0. The molecule has 197 valence electrons. The summed E-state index contributed by atoms with van der Waals surface area (Å²) in [4.78, 5) is 6.31. The fourth-order valence-electron chi connectivity index (χ4n) is 5.29. The molecule has 2 saturated carbocycles. The van der Waals surface area contributed by atoms with Gasteiger partial charge in [-0.05, 0) is 37.8 Å². The first-order chi connectivity index (χ1) is 16.2. The molecule has 6 N–H and O–H groups in total. The van der Waals surface area contributed by atoms with Gasteiger partial charge in [0, 0.05) is 67.5 Å². The molecule has 1 aromatic rings. The second-order valence-corrected chi connectivity index (χ2v) is 12.3. The van der Waals surface area contributed by atoms with Gasteiger partial charge >= 0.3 is 33.3 Å². The number of pyridine rings is 1. The SMILES string of the molecule is C.NCCSc1cc2nc(c1)CN[C@@H]1CCCC[C@H]1NCCN[C@@H]1CCCC[C@H]1NC2.[Cl][Mn][Cl]. The summed E-state index contributed by atoms with van der Waals surface area (Å²) in [6, 6.07) is 6.72. The molecule has 1 aliphatic heterocycles. The van der Waals surface area contributed by atoms with Crippen LogP contribution in [0.2, 0.25) is 0 Å². The van der Waals surface area contributed by atoms with Gasteiger partial charge in [-0.3, -0.25) is 4.98 Å². The van der Waals surface area contributed by atoms with E-state index in [4.69, 9.17) is 30.9 Å². The van der Waals surface area contributed by atoms with Gasteiger partial charge < -0.3 is 27.0 Å².